The summed E-state index contributed by atoms with van der Waals surface area (Å²) in [5, 5.41) is 0. The molecule has 0 aliphatic heterocycles. The minimum Gasteiger partial charge on any atom is -0.461 e. The summed E-state index contributed by atoms with van der Waals surface area (Å²) in [6, 6.07) is 1.08. The number of hydrogen-bond donors (Lipinski definition) is 0. The van der Waals surface area contributed by atoms with Gasteiger partial charge in [-0.3, -0.25) is 4.79 Å². The molecule has 0 saturated carbocycles. The molecule has 0 aliphatic rings. The molecule has 1 rings (SSSR count). The molecule has 0 bridgehead atoms. The molecule has 0 heterocycles. The molecule has 0 aliphatic carbocycles. The fraction of sp³-hybridized carbons (Fsp3) is 0.182. The van der Waals surface area contributed by atoms with Crippen molar-refractivity contribution in [3.63, 3.8) is 0 Å². The van der Waals surface area contributed by atoms with Crippen molar-refractivity contribution in [3.8, 4) is 0 Å². The molecule has 0 radical (unpaired) electrons. The molecular formula is C11H9F3O2. The summed E-state index contributed by atoms with van der Waals surface area (Å²) in [7, 11) is 0. The molecule has 0 unspecified atom stereocenters. The second-order valence-electron chi connectivity index (χ2n) is 3.13. The van der Waals surface area contributed by atoms with Crippen LogP contribution in [0.4, 0.5) is 13.2 Å². The van der Waals surface area contributed by atoms with Crippen LogP contribution in [-0.4, -0.2) is 12.6 Å². The van der Waals surface area contributed by atoms with E-state index in [-0.39, 0.29) is 12.2 Å². The highest BCUT2D eigenvalue weighted by molar-refractivity contribution is 5.70. The maximum Gasteiger partial charge on any atom is 0.302 e. The predicted molar refractivity (Wildman–Crippen MR) is 52.0 cm³/mol. The van der Waals surface area contributed by atoms with Crippen molar-refractivity contribution in [3.05, 3.63) is 41.7 Å². The second kappa shape index (κ2) is 4.83. The Morgan fingerprint density at radius 3 is 2.25 bits per heavy atom. The Morgan fingerprint density at radius 1 is 1.31 bits per heavy atom. The van der Waals surface area contributed by atoms with Crippen LogP contribution in [0.3, 0.4) is 0 Å². The zero-order valence-electron chi connectivity index (χ0n) is 8.52. The lowest BCUT2D eigenvalue weighted by molar-refractivity contribution is -0.139. The lowest BCUT2D eigenvalue weighted by Gasteiger charge is -2.08. The van der Waals surface area contributed by atoms with Gasteiger partial charge in [0.25, 0.3) is 0 Å². The minimum absolute atomic E-state index is 0.0646. The Morgan fingerprint density at radius 2 is 1.81 bits per heavy atom. The standard InChI is InChI=1S/C11H9F3O2/c1-6(5-16-7(2)15)11-9(13)3-8(12)4-10(11)14/h3-4H,1,5H2,2H3. The third kappa shape index (κ3) is 2.85. The number of carbonyl (C=O) groups excluding carboxylic acids is 1. The first-order valence-corrected chi connectivity index (χ1v) is 4.38. The summed E-state index contributed by atoms with van der Waals surface area (Å²) in [4.78, 5) is 10.5. The van der Waals surface area contributed by atoms with Crippen molar-refractivity contribution in [1.82, 2.24) is 0 Å². The molecule has 5 heteroatoms. The van der Waals surface area contributed by atoms with Gasteiger partial charge in [0, 0.05) is 19.1 Å². The number of ether oxygens (including phenoxy) is 1. The van der Waals surface area contributed by atoms with Gasteiger partial charge in [-0.25, -0.2) is 13.2 Å². The molecule has 0 saturated heterocycles. The van der Waals surface area contributed by atoms with E-state index in [0.717, 1.165) is 6.92 Å². The van der Waals surface area contributed by atoms with Crippen molar-refractivity contribution in [2.45, 2.75) is 6.92 Å². The molecule has 0 atom stereocenters. The highest BCUT2D eigenvalue weighted by Crippen LogP contribution is 2.22. The van der Waals surface area contributed by atoms with Crippen LogP contribution in [0.25, 0.3) is 5.57 Å². The Balaban J connectivity index is 2.95. The quantitative estimate of drug-likeness (QED) is 0.746. The molecule has 0 spiro atoms. The van der Waals surface area contributed by atoms with Crippen molar-refractivity contribution in [2.24, 2.45) is 0 Å². The molecular weight excluding hydrogens is 221 g/mol. The van der Waals surface area contributed by atoms with E-state index in [1.54, 1.807) is 0 Å². The third-order valence-corrected chi connectivity index (χ3v) is 1.81. The molecule has 0 N–H and O–H groups in total. The summed E-state index contributed by atoms with van der Waals surface area (Å²) in [5.41, 5.74) is -0.534. The lowest BCUT2D eigenvalue weighted by atomic mass is 10.1. The molecule has 86 valence electrons. The van der Waals surface area contributed by atoms with Gasteiger partial charge in [0.05, 0.1) is 5.56 Å². The average molecular weight is 230 g/mol. The van der Waals surface area contributed by atoms with Crippen LogP contribution >= 0.6 is 0 Å². The van der Waals surface area contributed by atoms with Crippen LogP contribution in [0, 0.1) is 17.5 Å². The van der Waals surface area contributed by atoms with Gasteiger partial charge < -0.3 is 4.74 Å². The van der Waals surface area contributed by atoms with Crippen LogP contribution in [0.15, 0.2) is 18.7 Å². The fourth-order valence-corrected chi connectivity index (χ4v) is 1.14. The zero-order valence-corrected chi connectivity index (χ0v) is 8.52. The highest BCUT2D eigenvalue weighted by Gasteiger charge is 2.15. The zero-order chi connectivity index (χ0) is 12.3. The van der Waals surface area contributed by atoms with Crippen LogP contribution in [0.2, 0.25) is 0 Å². The van der Waals surface area contributed by atoms with Crippen LogP contribution in [0.5, 0.6) is 0 Å². The van der Waals surface area contributed by atoms with Crippen molar-refractivity contribution in [2.75, 3.05) is 6.61 Å². The number of hydrogen-bond acceptors (Lipinski definition) is 2. The van der Waals surface area contributed by atoms with Gasteiger partial charge in [-0.15, -0.1) is 0 Å². The monoisotopic (exact) mass is 230 g/mol. The second-order valence-corrected chi connectivity index (χ2v) is 3.13. The van der Waals surface area contributed by atoms with E-state index in [4.69, 9.17) is 0 Å². The number of halogens is 3. The van der Waals surface area contributed by atoms with Gasteiger partial charge in [-0.1, -0.05) is 6.58 Å². The van der Waals surface area contributed by atoms with Crippen LogP contribution in [-0.2, 0) is 9.53 Å². The molecule has 0 amide bonds. The molecule has 1 aromatic carbocycles. The fourth-order valence-electron chi connectivity index (χ4n) is 1.14. The first-order chi connectivity index (χ1) is 7.41. The number of rotatable bonds is 3. The van der Waals surface area contributed by atoms with Gasteiger partial charge in [0.1, 0.15) is 24.1 Å². The van der Waals surface area contributed by atoms with Gasteiger partial charge >= 0.3 is 5.97 Å². The number of benzene rings is 1. The van der Waals surface area contributed by atoms with Gasteiger partial charge in [-0.2, -0.15) is 0 Å². The Kier molecular flexibility index (Phi) is 3.71. The van der Waals surface area contributed by atoms with Crippen molar-refractivity contribution in [1.29, 1.82) is 0 Å². The van der Waals surface area contributed by atoms with Crippen molar-refractivity contribution >= 4 is 11.5 Å². The van der Waals surface area contributed by atoms with Gasteiger partial charge in [-0.05, 0) is 5.57 Å². The molecule has 0 aromatic heterocycles. The summed E-state index contributed by atoms with van der Waals surface area (Å²) in [5.74, 6) is -3.76. The number of carbonyl (C=O) groups is 1. The van der Waals surface area contributed by atoms with E-state index >= 15 is 0 Å². The van der Waals surface area contributed by atoms with E-state index in [0.29, 0.717) is 12.1 Å². The number of esters is 1. The van der Waals surface area contributed by atoms with E-state index in [9.17, 15) is 18.0 Å². The normalized spacial score (nSPS) is 10.0. The molecule has 2 nitrogen and oxygen atoms in total. The summed E-state index contributed by atoms with van der Waals surface area (Å²) < 4.78 is 43.5. The first-order valence-electron chi connectivity index (χ1n) is 4.38. The summed E-state index contributed by atoms with van der Waals surface area (Å²) >= 11 is 0. The van der Waals surface area contributed by atoms with E-state index < -0.39 is 29.0 Å². The smallest absolute Gasteiger partial charge is 0.302 e. The third-order valence-electron chi connectivity index (χ3n) is 1.81. The minimum atomic E-state index is -1.07. The molecule has 16 heavy (non-hydrogen) atoms. The maximum absolute atomic E-state index is 13.2. The van der Waals surface area contributed by atoms with Crippen LogP contribution < -0.4 is 0 Å². The largest absolute Gasteiger partial charge is 0.461 e. The van der Waals surface area contributed by atoms with Crippen LogP contribution in [0.1, 0.15) is 12.5 Å². The van der Waals surface area contributed by atoms with E-state index in [2.05, 4.69) is 11.3 Å². The average Bonchev–Trinajstić information content (AvgIpc) is 2.12. The van der Waals surface area contributed by atoms with E-state index in [1.807, 2.05) is 0 Å². The first kappa shape index (κ1) is 12.3. The SMILES string of the molecule is C=C(COC(C)=O)c1c(F)cc(F)cc1F. The predicted octanol–water partition coefficient (Wildman–Crippen LogP) is 2.68. The van der Waals surface area contributed by atoms with Crippen molar-refractivity contribution < 1.29 is 22.7 Å². The maximum atomic E-state index is 13.2. The summed E-state index contributed by atoms with van der Waals surface area (Å²) in [6.07, 6.45) is 0. The van der Waals surface area contributed by atoms with Gasteiger partial charge in [0.15, 0.2) is 0 Å². The topological polar surface area (TPSA) is 26.3 Å². The Bertz CT molecular complexity index is 418. The Labute approximate surface area is 90.3 Å². The van der Waals surface area contributed by atoms with E-state index in [1.165, 1.54) is 0 Å². The molecule has 1 aromatic rings. The summed E-state index contributed by atoms with van der Waals surface area (Å²) in [6.45, 7) is 4.19. The molecule has 0 fully saturated rings. The lowest BCUT2D eigenvalue weighted by Crippen LogP contribution is -2.05. The van der Waals surface area contributed by atoms with Gasteiger partial charge in [0.2, 0.25) is 0 Å². The Hall–Kier alpha value is -1.78. The highest BCUT2D eigenvalue weighted by atomic mass is 19.1.